The molecule has 3 nitrogen and oxygen atoms in total. The maximum absolute atomic E-state index is 5.73. The first-order valence-electron chi connectivity index (χ1n) is 5.07. The SMILES string of the molecule is COCCSc1ccnc2cc(N)ccc12. The van der Waals surface area contributed by atoms with E-state index in [9.17, 15) is 0 Å². The van der Waals surface area contributed by atoms with Gasteiger partial charge in [-0.1, -0.05) is 0 Å². The maximum Gasteiger partial charge on any atom is 0.0733 e. The van der Waals surface area contributed by atoms with Crippen LogP contribution in [0, 0.1) is 0 Å². The van der Waals surface area contributed by atoms with Gasteiger partial charge in [0.05, 0.1) is 12.1 Å². The Morgan fingerprint density at radius 3 is 3.06 bits per heavy atom. The number of aromatic nitrogens is 1. The number of hydrogen-bond acceptors (Lipinski definition) is 4. The van der Waals surface area contributed by atoms with E-state index in [0.717, 1.165) is 29.0 Å². The average Bonchev–Trinajstić information content (AvgIpc) is 2.29. The Kier molecular flexibility index (Phi) is 3.64. The number of rotatable bonds is 4. The lowest BCUT2D eigenvalue weighted by atomic mass is 10.2. The Bertz CT molecular complexity index is 487. The molecule has 0 radical (unpaired) electrons. The highest BCUT2D eigenvalue weighted by Gasteiger charge is 2.02. The molecule has 0 bridgehead atoms. The van der Waals surface area contributed by atoms with Crippen LogP contribution in [0.2, 0.25) is 0 Å². The third kappa shape index (κ3) is 2.46. The highest BCUT2D eigenvalue weighted by molar-refractivity contribution is 7.99. The summed E-state index contributed by atoms with van der Waals surface area (Å²) in [5.41, 5.74) is 7.42. The number of hydrogen-bond donors (Lipinski definition) is 1. The number of benzene rings is 1. The zero-order chi connectivity index (χ0) is 11.4. The van der Waals surface area contributed by atoms with E-state index in [1.807, 2.05) is 30.5 Å². The van der Waals surface area contributed by atoms with Crippen molar-refractivity contribution in [3.63, 3.8) is 0 Å². The summed E-state index contributed by atoms with van der Waals surface area (Å²) in [6, 6.07) is 7.85. The van der Waals surface area contributed by atoms with Gasteiger partial charge in [-0.3, -0.25) is 4.98 Å². The number of methoxy groups -OCH3 is 1. The normalized spacial score (nSPS) is 10.8. The summed E-state index contributed by atoms with van der Waals surface area (Å²) in [5.74, 6) is 0.944. The fourth-order valence-corrected chi connectivity index (χ4v) is 2.45. The van der Waals surface area contributed by atoms with Crippen molar-refractivity contribution >= 4 is 28.4 Å². The van der Waals surface area contributed by atoms with Crippen molar-refractivity contribution in [1.82, 2.24) is 4.98 Å². The van der Waals surface area contributed by atoms with E-state index in [0.29, 0.717) is 0 Å². The van der Waals surface area contributed by atoms with Gasteiger partial charge in [0.15, 0.2) is 0 Å². The average molecular weight is 234 g/mol. The van der Waals surface area contributed by atoms with Crippen molar-refractivity contribution in [3.05, 3.63) is 30.5 Å². The van der Waals surface area contributed by atoms with Gasteiger partial charge in [0.25, 0.3) is 0 Å². The molecule has 0 saturated carbocycles. The third-order valence-electron chi connectivity index (χ3n) is 2.27. The summed E-state index contributed by atoms with van der Waals surface area (Å²) in [5, 5.41) is 1.15. The van der Waals surface area contributed by atoms with Crippen LogP contribution in [0.15, 0.2) is 35.4 Å². The fourth-order valence-electron chi connectivity index (χ4n) is 1.50. The van der Waals surface area contributed by atoms with Gasteiger partial charge < -0.3 is 10.5 Å². The molecule has 0 fully saturated rings. The topological polar surface area (TPSA) is 48.1 Å². The molecule has 0 aliphatic heterocycles. The number of nitrogens with two attached hydrogens (primary N) is 1. The molecule has 0 amide bonds. The van der Waals surface area contributed by atoms with Crippen LogP contribution in [-0.4, -0.2) is 24.5 Å². The van der Waals surface area contributed by atoms with E-state index < -0.39 is 0 Å². The highest BCUT2D eigenvalue weighted by Crippen LogP contribution is 2.27. The monoisotopic (exact) mass is 234 g/mol. The van der Waals surface area contributed by atoms with Crippen LogP contribution in [-0.2, 0) is 4.74 Å². The summed E-state index contributed by atoms with van der Waals surface area (Å²) in [6.07, 6.45) is 1.82. The zero-order valence-corrected chi connectivity index (χ0v) is 9.96. The maximum atomic E-state index is 5.73. The highest BCUT2D eigenvalue weighted by atomic mass is 32.2. The molecule has 0 aliphatic rings. The van der Waals surface area contributed by atoms with Crippen LogP contribution >= 0.6 is 11.8 Å². The zero-order valence-electron chi connectivity index (χ0n) is 9.14. The van der Waals surface area contributed by atoms with Crippen LogP contribution < -0.4 is 5.73 Å². The van der Waals surface area contributed by atoms with E-state index in [1.54, 1.807) is 18.9 Å². The number of ether oxygens (including phenoxy) is 1. The Labute approximate surface area is 99.0 Å². The smallest absolute Gasteiger partial charge is 0.0733 e. The van der Waals surface area contributed by atoms with Gasteiger partial charge in [0.1, 0.15) is 0 Å². The van der Waals surface area contributed by atoms with Gasteiger partial charge in [0, 0.05) is 35.0 Å². The van der Waals surface area contributed by atoms with Gasteiger partial charge in [-0.25, -0.2) is 0 Å². The lowest BCUT2D eigenvalue weighted by Gasteiger charge is -2.05. The molecule has 1 aromatic heterocycles. The first-order chi connectivity index (χ1) is 7.81. The van der Waals surface area contributed by atoms with E-state index in [1.165, 1.54) is 4.90 Å². The van der Waals surface area contributed by atoms with Crippen molar-refractivity contribution < 1.29 is 4.74 Å². The fraction of sp³-hybridized carbons (Fsp3) is 0.250. The first-order valence-corrected chi connectivity index (χ1v) is 6.06. The molecule has 2 aromatic rings. The largest absolute Gasteiger partial charge is 0.399 e. The summed E-state index contributed by atoms with van der Waals surface area (Å²) in [4.78, 5) is 5.53. The molecule has 2 rings (SSSR count). The van der Waals surface area contributed by atoms with E-state index in [4.69, 9.17) is 10.5 Å². The quantitative estimate of drug-likeness (QED) is 0.502. The number of fused-ring (bicyclic) bond motifs is 1. The van der Waals surface area contributed by atoms with E-state index >= 15 is 0 Å². The summed E-state index contributed by atoms with van der Waals surface area (Å²) in [7, 11) is 1.71. The number of nitrogen functional groups attached to an aromatic ring is 1. The first kappa shape index (κ1) is 11.2. The van der Waals surface area contributed by atoms with Crippen LogP contribution in [0.1, 0.15) is 0 Å². The number of pyridine rings is 1. The lowest BCUT2D eigenvalue weighted by molar-refractivity contribution is 0.218. The second kappa shape index (κ2) is 5.18. The standard InChI is InChI=1S/C12H14N2OS/c1-15-6-7-16-12-4-5-14-11-8-9(13)2-3-10(11)12/h2-5,8H,6-7,13H2,1H3. The summed E-state index contributed by atoms with van der Waals surface area (Å²) >= 11 is 1.77. The van der Waals surface area contributed by atoms with Crippen LogP contribution in [0.4, 0.5) is 5.69 Å². The molecule has 2 N–H and O–H groups in total. The summed E-state index contributed by atoms with van der Waals surface area (Å²) in [6.45, 7) is 0.753. The molecule has 1 heterocycles. The molecule has 16 heavy (non-hydrogen) atoms. The molecule has 0 aliphatic carbocycles. The van der Waals surface area contributed by atoms with Gasteiger partial charge >= 0.3 is 0 Å². The van der Waals surface area contributed by atoms with Gasteiger partial charge in [-0.05, 0) is 24.3 Å². The second-order valence-electron chi connectivity index (χ2n) is 3.43. The van der Waals surface area contributed by atoms with Crippen molar-refractivity contribution in [3.8, 4) is 0 Å². The predicted molar refractivity (Wildman–Crippen MR) is 68.8 cm³/mol. The van der Waals surface area contributed by atoms with Gasteiger partial charge in [0.2, 0.25) is 0 Å². The Morgan fingerprint density at radius 1 is 1.38 bits per heavy atom. The molecule has 0 atom stereocenters. The Hall–Kier alpha value is -1.26. The van der Waals surface area contributed by atoms with Crippen LogP contribution in [0.3, 0.4) is 0 Å². The second-order valence-corrected chi connectivity index (χ2v) is 4.56. The number of thioether (sulfide) groups is 1. The molecule has 84 valence electrons. The molecule has 0 saturated heterocycles. The van der Waals surface area contributed by atoms with Gasteiger partial charge in [-0.15, -0.1) is 11.8 Å². The molecule has 0 unspecified atom stereocenters. The molecule has 1 aromatic carbocycles. The minimum absolute atomic E-state index is 0.749. The Balaban J connectivity index is 2.30. The number of anilines is 1. The lowest BCUT2D eigenvalue weighted by Crippen LogP contribution is -1.92. The van der Waals surface area contributed by atoms with Crippen LogP contribution in [0.5, 0.6) is 0 Å². The van der Waals surface area contributed by atoms with Crippen molar-refractivity contribution in [1.29, 1.82) is 0 Å². The molecular formula is C12H14N2OS. The minimum Gasteiger partial charge on any atom is -0.399 e. The third-order valence-corrected chi connectivity index (χ3v) is 3.31. The van der Waals surface area contributed by atoms with E-state index in [-0.39, 0.29) is 0 Å². The Morgan fingerprint density at radius 2 is 2.25 bits per heavy atom. The minimum atomic E-state index is 0.749. The molecule has 4 heteroatoms. The van der Waals surface area contributed by atoms with Crippen molar-refractivity contribution in [2.45, 2.75) is 4.90 Å². The van der Waals surface area contributed by atoms with E-state index in [2.05, 4.69) is 4.98 Å². The van der Waals surface area contributed by atoms with Crippen LogP contribution in [0.25, 0.3) is 10.9 Å². The molecule has 0 spiro atoms. The van der Waals surface area contributed by atoms with Crippen molar-refractivity contribution in [2.24, 2.45) is 0 Å². The predicted octanol–water partition coefficient (Wildman–Crippen LogP) is 2.56. The van der Waals surface area contributed by atoms with Gasteiger partial charge in [-0.2, -0.15) is 0 Å². The molecular weight excluding hydrogens is 220 g/mol. The summed E-state index contributed by atoms with van der Waals surface area (Å²) < 4.78 is 5.04. The number of nitrogens with zero attached hydrogens (tertiary/aromatic N) is 1. The van der Waals surface area contributed by atoms with Crippen molar-refractivity contribution in [2.75, 3.05) is 25.2 Å².